The van der Waals surface area contributed by atoms with E-state index in [0.29, 0.717) is 12.2 Å². The molecular weight excluding hydrogens is 302 g/mol. The third-order valence-corrected chi connectivity index (χ3v) is 3.56. The molecule has 0 spiro atoms. The number of benzene rings is 2. The van der Waals surface area contributed by atoms with Crippen LogP contribution in [0.5, 0.6) is 5.75 Å². The van der Waals surface area contributed by atoms with E-state index >= 15 is 0 Å². The molecule has 0 saturated carbocycles. The molecule has 0 fully saturated rings. The maximum atomic E-state index is 12.3. The van der Waals surface area contributed by atoms with Crippen molar-refractivity contribution in [1.82, 2.24) is 9.55 Å². The molecule has 1 heterocycles. The van der Waals surface area contributed by atoms with Crippen LogP contribution in [0.2, 0.25) is 0 Å². The molecular formula is C19H19N3O2. The minimum absolute atomic E-state index is 0.131. The first-order chi connectivity index (χ1) is 11.7. The van der Waals surface area contributed by atoms with Gasteiger partial charge in [-0.25, -0.2) is 4.98 Å². The molecule has 1 N–H and O–H groups in total. The smallest absolute Gasteiger partial charge is 0.255 e. The topological polar surface area (TPSA) is 56.1 Å². The summed E-state index contributed by atoms with van der Waals surface area (Å²) in [6, 6.07) is 14.9. The zero-order valence-electron chi connectivity index (χ0n) is 13.5. The van der Waals surface area contributed by atoms with E-state index in [9.17, 15) is 4.79 Å². The van der Waals surface area contributed by atoms with Crippen molar-refractivity contribution in [2.45, 2.75) is 13.5 Å². The molecule has 0 bridgehead atoms. The molecule has 24 heavy (non-hydrogen) atoms. The summed E-state index contributed by atoms with van der Waals surface area (Å²) in [7, 11) is 0. The number of ether oxygens (including phenoxy) is 1. The van der Waals surface area contributed by atoms with E-state index in [0.717, 1.165) is 23.5 Å². The highest BCUT2D eigenvalue weighted by molar-refractivity contribution is 6.04. The predicted molar refractivity (Wildman–Crippen MR) is 93.3 cm³/mol. The Kier molecular flexibility index (Phi) is 4.91. The Balaban J connectivity index is 1.62. The number of rotatable bonds is 6. The Morgan fingerprint density at radius 1 is 1.12 bits per heavy atom. The van der Waals surface area contributed by atoms with Crippen LogP contribution < -0.4 is 10.1 Å². The second-order valence-corrected chi connectivity index (χ2v) is 5.34. The van der Waals surface area contributed by atoms with Crippen LogP contribution in [0.15, 0.2) is 67.3 Å². The summed E-state index contributed by atoms with van der Waals surface area (Å²) in [5, 5.41) is 2.88. The fraction of sp³-hybridized carbons (Fsp3) is 0.158. The zero-order chi connectivity index (χ0) is 16.8. The number of hydrogen-bond acceptors (Lipinski definition) is 3. The molecule has 5 heteroatoms. The van der Waals surface area contributed by atoms with Gasteiger partial charge in [0.15, 0.2) is 0 Å². The van der Waals surface area contributed by atoms with Gasteiger partial charge in [0.1, 0.15) is 5.75 Å². The fourth-order valence-corrected chi connectivity index (χ4v) is 2.36. The van der Waals surface area contributed by atoms with Gasteiger partial charge in [-0.15, -0.1) is 0 Å². The van der Waals surface area contributed by atoms with Gasteiger partial charge in [-0.1, -0.05) is 12.1 Å². The third kappa shape index (κ3) is 4.01. The third-order valence-electron chi connectivity index (χ3n) is 3.56. The molecule has 3 rings (SSSR count). The van der Waals surface area contributed by atoms with Crippen molar-refractivity contribution < 1.29 is 9.53 Å². The van der Waals surface area contributed by atoms with Crippen molar-refractivity contribution in [3.8, 4) is 5.75 Å². The Morgan fingerprint density at radius 2 is 1.88 bits per heavy atom. The van der Waals surface area contributed by atoms with Crippen LogP contribution in [0.1, 0.15) is 22.8 Å². The number of nitrogens with one attached hydrogen (secondary N) is 1. The molecule has 0 aliphatic rings. The molecule has 0 aliphatic carbocycles. The number of hydrogen-bond donors (Lipinski definition) is 1. The molecule has 0 saturated heterocycles. The molecule has 2 aromatic carbocycles. The van der Waals surface area contributed by atoms with E-state index in [2.05, 4.69) is 10.3 Å². The van der Waals surface area contributed by atoms with Crippen LogP contribution in [0, 0.1) is 0 Å². The zero-order valence-corrected chi connectivity index (χ0v) is 13.5. The molecule has 0 radical (unpaired) electrons. The first-order valence-electron chi connectivity index (χ1n) is 7.83. The first-order valence-corrected chi connectivity index (χ1v) is 7.83. The Labute approximate surface area is 140 Å². The number of carbonyl (C=O) groups excluding carboxylic acids is 1. The summed E-state index contributed by atoms with van der Waals surface area (Å²) in [4.78, 5) is 16.3. The first kappa shape index (κ1) is 15.8. The molecule has 1 aromatic heterocycles. The van der Waals surface area contributed by atoms with E-state index in [4.69, 9.17) is 4.74 Å². The van der Waals surface area contributed by atoms with Crippen molar-refractivity contribution in [3.05, 3.63) is 78.4 Å². The SMILES string of the molecule is CCOc1ccc(NC(=O)c2ccc(Cn3ccnc3)cc2)cc1. The van der Waals surface area contributed by atoms with Gasteiger partial charge in [0, 0.05) is 30.2 Å². The maximum Gasteiger partial charge on any atom is 0.255 e. The highest BCUT2D eigenvalue weighted by Crippen LogP contribution is 2.16. The van der Waals surface area contributed by atoms with E-state index in [1.807, 2.05) is 66.2 Å². The Morgan fingerprint density at radius 3 is 2.50 bits per heavy atom. The van der Waals surface area contributed by atoms with Gasteiger partial charge in [-0.05, 0) is 48.9 Å². The van der Waals surface area contributed by atoms with Gasteiger partial charge in [-0.2, -0.15) is 0 Å². The number of imidazole rings is 1. The number of amides is 1. The second-order valence-electron chi connectivity index (χ2n) is 5.34. The van der Waals surface area contributed by atoms with Crippen LogP contribution in [0.25, 0.3) is 0 Å². The minimum atomic E-state index is -0.131. The largest absolute Gasteiger partial charge is 0.494 e. The van der Waals surface area contributed by atoms with Crippen molar-refractivity contribution in [2.75, 3.05) is 11.9 Å². The lowest BCUT2D eigenvalue weighted by atomic mass is 10.1. The van der Waals surface area contributed by atoms with Crippen molar-refractivity contribution in [2.24, 2.45) is 0 Å². The molecule has 0 aliphatic heterocycles. The number of aromatic nitrogens is 2. The van der Waals surface area contributed by atoms with Gasteiger partial charge in [0.25, 0.3) is 5.91 Å². The summed E-state index contributed by atoms with van der Waals surface area (Å²) in [6.45, 7) is 3.30. The standard InChI is InChI=1S/C19H19N3O2/c1-2-24-18-9-7-17(8-10-18)21-19(23)16-5-3-15(4-6-16)13-22-12-11-20-14-22/h3-12,14H,2,13H2,1H3,(H,21,23). The van der Waals surface area contributed by atoms with Gasteiger partial charge in [-0.3, -0.25) is 4.79 Å². The summed E-state index contributed by atoms with van der Waals surface area (Å²) in [5.41, 5.74) is 2.48. The van der Waals surface area contributed by atoms with Gasteiger partial charge in [0.2, 0.25) is 0 Å². The Bertz CT molecular complexity index is 778. The lowest BCUT2D eigenvalue weighted by Gasteiger charge is -2.08. The molecule has 1 amide bonds. The van der Waals surface area contributed by atoms with Crippen LogP contribution in [0.3, 0.4) is 0 Å². The fourth-order valence-electron chi connectivity index (χ4n) is 2.36. The molecule has 122 valence electrons. The Hall–Kier alpha value is -3.08. The summed E-state index contributed by atoms with van der Waals surface area (Å²) >= 11 is 0. The van der Waals surface area contributed by atoms with Crippen LogP contribution in [-0.4, -0.2) is 22.1 Å². The number of anilines is 1. The van der Waals surface area contributed by atoms with Crippen LogP contribution >= 0.6 is 0 Å². The molecule has 0 unspecified atom stereocenters. The molecule has 3 aromatic rings. The average Bonchev–Trinajstić information content (AvgIpc) is 3.10. The molecule has 5 nitrogen and oxygen atoms in total. The predicted octanol–water partition coefficient (Wildman–Crippen LogP) is 3.58. The monoisotopic (exact) mass is 321 g/mol. The van der Waals surface area contributed by atoms with E-state index < -0.39 is 0 Å². The van der Waals surface area contributed by atoms with Crippen molar-refractivity contribution in [1.29, 1.82) is 0 Å². The van der Waals surface area contributed by atoms with E-state index in [-0.39, 0.29) is 5.91 Å². The van der Waals surface area contributed by atoms with Gasteiger partial charge >= 0.3 is 0 Å². The summed E-state index contributed by atoms with van der Waals surface area (Å²) in [5.74, 6) is 0.660. The lowest BCUT2D eigenvalue weighted by Crippen LogP contribution is -2.12. The highest BCUT2D eigenvalue weighted by atomic mass is 16.5. The normalized spacial score (nSPS) is 10.4. The maximum absolute atomic E-state index is 12.3. The van der Waals surface area contributed by atoms with Crippen molar-refractivity contribution >= 4 is 11.6 Å². The van der Waals surface area contributed by atoms with Crippen LogP contribution in [0.4, 0.5) is 5.69 Å². The van der Waals surface area contributed by atoms with Crippen molar-refractivity contribution in [3.63, 3.8) is 0 Å². The average molecular weight is 321 g/mol. The number of nitrogens with zero attached hydrogens (tertiary/aromatic N) is 2. The van der Waals surface area contributed by atoms with Gasteiger partial charge < -0.3 is 14.6 Å². The minimum Gasteiger partial charge on any atom is -0.494 e. The van der Waals surface area contributed by atoms with E-state index in [1.165, 1.54) is 0 Å². The quantitative estimate of drug-likeness (QED) is 0.755. The molecule has 0 atom stereocenters. The van der Waals surface area contributed by atoms with E-state index in [1.54, 1.807) is 12.5 Å². The lowest BCUT2D eigenvalue weighted by molar-refractivity contribution is 0.102. The summed E-state index contributed by atoms with van der Waals surface area (Å²) in [6.07, 6.45) is 5.43. The number of carbonyl (C=O) groups is 1. The van der Waals surface area contributed by atoms with Gasteiger partial charge in [0.05, 0.1) is 12.9 Å². The second kappa shape index (κ2) is 7.46. The summed E-state index contributed by atoms with van der Waals surface area (Å²) < 4.78 is 7.37. The highest BCUT2D eigenvalue weighted by Gasteiger charge is 2.06. The van der Waals surface area contributed by atoms with Crippen LogP contribution in [-0.2, 0) is 6.54 Å².